The molecule has 0 saturated carbocycles. The van der Waals surface area contributed by atoms with Crippen molar-refractivity contribution in [1.82, 2.24) is 14.9 Å². The highest BCUT2D eigenvalue weighted by Crippen LogP contribution is 2.28. The molecule has 0 fully saturated rings. The van der Waals surface area contributed by atoms with Crippen LogP contribution in [0.4, 0.5) is 19.0 Å². The molecule has 1 aromatic heterocycles. The first-order valence-corrected chi connectivity index (χ1v) is 6.14. The summed E-state index contributed by atoms with van der Waals surface area (Å²) in [6.07, 6.45) is -4.60. The molecular weight excluding hydrogens is 281 g/mol. The minimum atomic E-state index is -4.60. The van der Waals surface area contributed by atoms with E-state index in [9.17, 15) is 13.2 Å². The first-order chi connectivity index (χ1) is 8.70. The summed E-state index contributed by atoms with van der Waals surface area (Å²) in [5.74, 6) is -1.16. The Balaban J connectivity index is 2.67. The normalized spacial score (nSPS) is 12.3. The van der Waals surface area contributed by atoms with E-state index in [4.69, 9.17) is 11.6 Å². The third kappa shape index (κ3) is 5.20. The second-order valence-corrected chi connectivity index (χ2v) is 4.79. The van der Waals surface area contributed by atoms with Crippen LogP contribution in [0.25, 0.3) is 0 Å². The molecule has 0 aliphatic rings. The summed E-state index contributed by atoms with van der Waals surface area (Å²) in [6, 6.07) is 1.63. The van der Waals surface area contributed by atoms with Gasteiger partial charge in [0.1, 0.15) is 11.0 Å². The molecule has 0 bridgehead atoms. The van der Waals surface area contributed by atoms with Gasteiger partial charge in [-0.1, -0.05) is 11.6 Å². The van der Waals surface area contributed by atoms with Gasteiger partial charge in [0, 0.05) is 25.2 Å². The lowest BCUT2D eigenvalue weighted by Gasteiger charge is -2.21. The lowest BCUT2D eigenvalue weighted by Crippen LogP contribution is -2.31. The minimum Gasteiger partial charge on any atom is -0.369 e. The van der Waals surface area contributed by atoms with Gasteiger partial charge in [-0.25, -0.2) is 9.97 Å². The maximum absolute atomic E-state index is 12.5. The second kappa shape index (κ2) is 6.38. The van der Waals surface area contributed by atoms with Gasteiger partial charge in [-0.05, 0) is 20.9 Å². The molecule has 0 saturated heterocycles. The van der Waals surface area contributed by atoms with E-state index in [0.717, 1.165) is 0 Å². The molecule has 0 spiro atoms. The molecular formula is C11H16ClF3N4. The summed E-state index contributed by atoms with van der Waals surface area (Å²) < 4.78 is 37.5. The first-order valence-electron chi connectivity index (χ1n) is 5.76. The number of halogens is 4. The van der Waals surface area contributed by atoms with Crippen LogP contribution in [0.2, 0.25) is 5.15 Å². The summed E-state index contributed by atoms with van der Waals surface area (Å²) in [4.78, 5) is 8.61. The van der Waals surface area contributed by atoms with Crippen LogP contribution < -0.4 is 5.32 Å². The number of rotatable bonds is 5. The zero-order chi connectivity index (χ0) is 14.6. The molecule has 1 aromatic rings. The Morgan fingerprint density at radius 3 is 2.53 bits per heavy atom. The maximum Gasteiger partial charge on any atom is 0.451 e. The van der Waals surface area contributed by atoms with Crippen molar-refractivity contribution in [2.45, 2.75) is 26.1 Å². The lowest BCUT2D eigenvalue weighted by molar-refractivity contribution is -0.144. The largest absolute Gasteiger partial charge is 0.451 e. The van der Waals surface area contributed by atoms with Crippen LogP contribution in [-0.4, -0.2) is 41.0 Å². The average molecular weight is 297 g/mol. The van der Waals surface area contributed by atoms with E-state index >= 15 is 0 Å². The van der Waals surface area contributed by atoms with Crippen molar-refractivity contribution < 1.29 is 13.2 Å². The first kappa shape index (κ1) is 16.0. The Morgan fingerprint density at radius 1 is 1.37 bits per heavy atom. The van der Waals surface area contributed by atoms with Crippen LogP contribution in [0.1, 0.15) is 19.7 Å². The van der Waals surface area contributed by atoms with Crippen molar-refractivity contribution in [2.24, 2.45) is 0 Å². The Kier molecular flexibility index (Phi) is 5.37. The van der Waals surface area contributed by atoms with Crippen molar-refractivity contribution in [3.05, 3.63) is 17.0 Å². The molecule has 0 aromatic carbocycles. The van der Waals surface area contributed by atoms with Gasteiger partial charge in [0.05, 0.1) is 0 Å². The monoisotopic (exact) mass is 296 g/mol. The van der Waals surface area contributed by atoms with Gasteiger partial charge in [0.25, 0.3) is 0 Å². The van der Waals surface area contributed by atoms with E-state index in [-0.39, 0.29) is 11.0 Å². The fraction of sp³-hybridized carbons (Fsp3) is 0.636. The third-order valence-electron chi connectivity index (χ3n) is 2.60. The number of likely N-dealkylation sites (N-methyl/N-ethyl adjacent to an activating group) is 1. The van der Waals surface area contributed by atoms with Gasteiger partial charge in [0.15, 0.2) is 0 Å². The van der Waals surface area contributed by atoms with Crippen LogP contribution >= 0.6 is 11.6 Å². The smallest absolute Gasteiger partial charge is 0.369 e. The third-order valence-corrected chi connectivity index (χ3v) is 2.79. The van der Waals surface area contributed by atoms with Gasteiger partial charge < -0.3 is 10.2 Å². The summed E-state index contributed by atoms with van der Waals surface area (Å²) in [5.41, 5.74) is 0. The number of hydrogen-bond donors (Lipinski definition) is 1. The number of anilines is 1. The van der Waals surface area contributed by atoms with Crippen molar-refractivity contribution in [2.75, 3.05) is 25.5 Å². The van der Waals surface area contributed by atoms with Crippen LogP contribution in [0.5, 0.6) is 0 Å². The Labute approximate surface area is 115 Å². The highest BCUT2D eigenvalue weighted by Gasteiger charge is 2.35. The van der Waals surface area contributed by atoms with E-state index < -0.39 is 12.0 Å². The zero-order valence-corrected chi connectivity index (χ0v) is 11.7. The Bertz CT molecular complexity index is 423. The molecule has 0 radical (unpaired) electrons. The Morgan fingerprint density at radius 2 is 2.00 bits per heavy atom. The highest BCUT2D eigenvalue weighted by molar-refractivity contribution is 6.29. The van der Waals surface area contributed by atoms with Crippen LogP contribution in [0, 0.1) is 0 Å². The quantitative estimate of drug-likeness (QED) is 0.848. The molecule has 8 heteroatoms. The van der Waals surface area contributed by atoms with Gasteiger partial charge in [-0.3, -0.25) is 0 Å². The van der Waals surface area contributed by atoms with Crippen molar-refractivity contribution in [3.8, 4) is 0 Å². The molecule has 4 nitrogen and oxygen atoms in total. The van der Waals surface area contributed by atoms with E-state index in [0.29, 0.717) is 19.1 Å². The Hall–Kier alpha value is -1.08. The zero-order valence-electron chi connectivity index (χ0n) is 10.9. The predicted molar refractivity (Wildman–Crippen MR) is 68.3 cm³/mol. The molecule has 0 amide bonds. The number of alkyl halides is 3. The van der Waals surface area contributed by atoms with Crippen LogP contribution in [-0.2, 0) is 6.18 Å². The molecule has 0 aliphatic heterocycles. The molecule has 1 rings (SSSR count). The van der Waals surface area contributed by atoms with Gasteiger partial charge in [-0.2, -0.15) is 13.2 Å². The van der Waals surface area contributed by atoms with Gasteiger partial charge >= 0.3 is 6.18 Å². The summed E-state index contributed by atoms with van der Waals surface area (Å²) in [7, 11) is 1.93. The van der Waals surface area contributed by atoms with Gasteiger partial charge in [-0.15, -0.1) is 0 Å². The number of hydrogen-bond acceptors (Lipinski definition) is 4. The van der Waals surface area contributed by atoms with E-state index in [1.165, 1.54) is 6.07 Å². The van der Waals surface area contributed by atoms with E-state index in [1.54, 1.807) is 0 Å². The molecule has 1 N–H and O–H groups in total. The van der Waals surface area contributed by atoms with Crippen LogP contribution in [0.15, 0.2) is 6.07 Å². The highest BCUT2D eigenvalue weighted by atomic mass is 35.5. The SMILES string of the molecule is CC(C)N(C)CCNc1cc(Cl)nc(C(F)(F)F)n1. The van der Waals surface area contributed by atoms with Crippen molar-refractivity contribution in [3.63, 3.8) is 0 Å². The fourth-order valence-corrected chi connectivity index (χ4v) is 1.44. The molecule has 1 heterocycles. The van der Waals surface area contributed by atoms with E-state index in [1.807, 2.05) is 20.9 Å². The summed E-state index contributed by atoms with van der Waals surface area (Å²) >= 11 is 5.55. The molecule has 0 unspecified atom stereocenters. The lowest BCUT2D eigenvalue weighted by atomic mass is 10.3. The minimum absolute atomic E-state index is 0.0736. The molecule has 0 aliphatic carbocycles. The molecule has 19 heavy (non-hydrogen) atoms. The van der Waals surface area contributed by atoms with Crippen molar-refractivity contribution in [1.29, 1.82) is 0 Å². The number of nitrogens with one attached hydrogen (secondary N) is 1. The number of nitrogens with zero attached hydrogens (tertiary/aromatic N) is 3. The predicted octanol–water partition coefficient (Wildman–Crippen LogP) is 2.90. The summed E-state index contributed by atoms with van der Waals surface area (Å²) in [6.45, 7) is 5.21. The average Bonchev–Trinajstić information content (AvgIpc) is 2.26. The van der Waals surface area contributed by atoms with Crippen molar-refractivity contribution >= 4 is 17.4 Å². The van der Waals surface area contributed by atoms with Crippen LogP contribution in [0.3, 0.4) is 0 Å². The second-order valence-electron chi connectivity index (χ2n) is 4.40. The standard InChI is InChI=1S/C11H16ClF3N4/c1-7(2)19(3)5-4-16-9-6-8(12)17-10(18-9)11(13,14)15/h6-7H,4-5H2,1-3H3,(H,16,17,18). The fourth-order valence-electron chi connectivity index (χ4n) is 1.25. The maximum atomic E-state index is 12.5. The number of aromatic nitrogens is 2. The molecule has 0 atom stereocenters. The van der Waals surface area contributed by atoms with Gasteiger partial charge in [0.2, 0.25) is 5.82 Å². The van der Waals surface area contributed by atoms with E-state index in [2.05, 4.69) is 20.2 Å². The summed E-state index contributed by atoms with van der Waals surface area (Å²) in [5, 5.41) is 2.57. The molecule has 108 valence electrons. The topological polar surface area (TPSA) is 41.0 Å².